The van der Waals surface area contributed by atoms with Crippen LogP contribution in [0.5, 0.6) is 57.5 Å². The number of hydrogen-bond donors (Lipinski definition) is 1. The van der Waals surface area contributed by atoms with Gasteiger partial charge in [-0.3, -0.25) is 4.79 Å². The van der Waals surface area contributed by atoms with Crippen LogP contribution in [0.15, 0.2) is 91.0 Å². The highest BCUT2D eigenvalue weighted by atomic mass is 16.7. The molecule has 0 radical (unpaired) electrons. The third-order valence-electron chi connectivity index (χ3n) is 13.7. The molecule has 0 bridgehead atoms. The fraction of sp³-hybridized carbons (Fsp3) is 0.255. The number of cyclic esters (lactones) is 2. The quantitative estimate of drug-likeness (QED) is 0.101. The molecule has 356 valence electrons. The Bertz CT molecular complexity index is 3280. The summed E-state index contributed by atoms with van der Waals surface area (Å²) in [7, 11) is 6.17. The molecule has 0 spiro atoms. The molecule has 5 aliphatic rings. The monoisotopic (exact) mass is 946 g/mol. The summed E-state index contributed by atoms with van der Waals surface area (Å²) in [6, 6.07) is 27.8. The van der Waals surface area contributed by atoms with Gasteiger partial charge in [-0.25, -0.2) is 9.59 Å². The first-order valence-electron chi connectivity index (χ1n) is 22.8. The van der Waals surface area contributed by atoms with Gasteiger partial charge in [-0.05, 0) is 94.8 Å². The lowest BCUT2D eigenvalue weighted by Gasteiger charge is -2.24. The largest absolute Gasteiger partial charge is 0.507 e. The van der Waals surface area contributed by atoms with E-state index in [0.717, 1.165) is 42.4 Å². The minimum atomic E-state index is -0.484. The van der Waals surface area contributed by atoms with Gasteiger partial charge in [0.15, 0.2) is 46.0 Å². The highest BCUT2D eigenvalue weighted by molar-refractivity contribution is 6.15. The average molecular weight is 947 g/mol. The zero-order chi connectivity index (χ0) is 48.2. The molecule has 1 unspecified atom stereocenters. The molecule has 1 N–H and O–H groups in total. The molecule has 1 fully saturated rings. The number of benzene rings is 7. The second-order valence-electron chi connectivity index (χ2n) is 17.3. The van der Waals surface area contributed by atoms with Gasteiger partial charge in [0.2, 0.25) is 13.6 Å². The molecule has 4 heterocycles. The van der Waals surface area contributed by atoms with Gasteiger partial charge in [0.25, 0.3) is 0 Å². The van der Waals surface area contributed by atoms with Gasteiger partial charge in [-0.2, -0.15) is 0 Å². The number of esters is 3. The summed E-state index contributed by atoms with van der Waals surface area (Å²) in [5.74, 6) is 3.12. The predicted octanol–water partition coefficient (Wildman–Crippen LogP) is 10.4. The van der Waals surface area contributed by atoms with Crippen LogP contribution >= 0.6 is 0 Å². The van der Waals surface area contributed by atoms with E-state index in [1.165, 1.54) is 14.2 Å². The Labute approximate surface area is 401 Å². The maximum Gasteiger partial charge on any atom is 0.339 e. The van der Waals surface area contributed by atoms with Crippen LogP contribution in [0.1, 0.15) is 69.0 Å². The van der Waals surface area contributed by atoms with E-state index < -0.39 is 17.9 Å². The lowest BCUT2D eigenvalue weighted by Crippen LogP contribution is -2.25. The third kappa shape index (κ3) is 7.39. The maximum atomic E-state index is 14.2. The van der Waals surface area contributed by atoms with Gasteiger partial charge in [0, 0.05) is 33.0 Å². The Morgan fingerprint density at radius 1 is 0.543 bits per heavy atom. The molecule has 0 aromatic heterocycles. The lowest BCUT2D eigenvalue weighted by atomic mass is 9.84. The molecule has 1 atom stereocenters. The van der Waals surface area contributed by atoms with E-state index in [1.807, 2.05) is 66.7 Å². The van der Waals surface area contributed by atoms with Gasteiger partial charge >= 0.3 is 17.9 Å². The molecular weight excluding hydrogens is 901 g/mol. The minimum absolute atomic E-state index is 0.00120. The summed E-state index contributed by atoms with van der Waals surface area (Å²) in [5, 5.41) is 13.3. The van der Waals surface area contributed by atoms with Crippen LogP contribution in [0.25, 0.3) is 43.8 Å². The molecule has 15 nitrogen and oxygen atoms in total. The van der Waals surface area contributed by atoms with Crippen molar-refractivity contribution in [3.05, 3.63) is 119 Å². The minimum Gasteiger partial charge on any atom is -0.507 e. The molecule has 15 heteroatoms. The second-order valence-corrected chi connectivity index (χ2v) is 17.3. The standard InChI is InChI=1S/C34H30O8.C21H16O7/c1-37-26-15-22-23(16-27(26)38-2)32(42-34(36)29(20-10-6-7-11-20)19-8-4-3-5-9-19)24-17-39-33(35)31(24)30(22)21-12-13-25-28(14-21)41-18-40-25;1-24-15-6-11-12(7-16(15)25-2)20(22)13-8-26-21(23)19(13)18(11)10-3-4-14-17(5-10)28-9-27-14/h3-5,8-9,12-16,20,29H,6-7,10-11,17-18H2,1-2H3;3-7,22H,8-9H2,1-2H3. The highest BCUT2D eigenvalue weighted by Crippen LogP contribution is 2.52. The van der Waals surface area contributed by atoms with E-state index in [-0.39, 0.29) is 44.4 Å². The van der Waals surface area contributed by atoms with Crippen molar-refractivity contribution in [3.63, 3.8) is 0 Å². The van der Waals surface area contributed by atoms with Crippen molar-refractivity contribution in [1.82, 2.24) is 0 Å². The Hall–Kier alpha value is -8.33. The molecular formula is C55H46O15. The number of rotatable bonds is 10. The van der Waals surface area contributed by atoms with E-state index >= 15 is 0 Å². The molecule has 7 aromatic rings. The van der Waals surface area contributed by atoms with Crippen molar-refractivity contribution in [1.29, 1.82) is 0 Å². The van der Waals surface area contributed by atoms with Crippen LogP contribution < -0.4 is 42.6 Å². The summed E-state index contributed by atoms with van der Waals surface area (Å²) in [6.07, 6.45) is 4.10. The first-order valence-corrected chi connectivity index (χ1v) is 22.8. The van der Waals surface area contributed by atoms with Crippen molar-refractivity contribution >= 4 is 39.5 Å². The maximum absolute atomic E-state index is 14.2. The fourth-order valence-electron chi connectivity index (χ4n) is 10.4. The number of ether oxygens (including phenoxy) is 11. The lowest BCUT2D eigenvalue weighted by molar-refractivity contribution is -0.137. The molecule has 0 saturated heterocycles. The van der Waals surface area contributed by atoms with Crippen molar-refractivity contribution in [2.75, 3.05) is 42.0 Å². The van der Waals surface area contributed by atoms with Crippen LogP contribution in [0.4, 0.5) is 0 Å². The van der Waals surface area contributed by atoms with Gasteiger partial charge in [0.05, 0.1) is 45.5 Å². The predicted molar refractivity (Wildman–Crippen MR) is 254 cm³/mol. The van der Waals surface area contributed by atoms with Crippen LogP contribution in [-0.2, 0) is 27.5 Å². The summed E-state index contributed by atoms with van der Waals surface area (Å²) >= 11 is 0. The van der Waals surface area contributed by atoms with Crippen LogP contribution in [0.2, 0.25) is 0 Å². The summed E-state index contributed by atoms with van der Waals surface area (Å²) in [6.45, 7) is 0.281. The van der Waals surface area contributed by atoms with E-state index in [0.29, 0.717) is 107 Å². The normalized spacial score (nSPS) is 15.4. The molecule has 70 heavy (non-hydrogen) atoms. The third-order valence-corrected chi connectivity index (χ3v) is 13.7. The average Bonchev–Trinajstić information content (AvgIpc) is 4.27. The number of carbonyl (C=O) groups excluding carboxylic acids is 3. The van der Waals surface area contributed by atoms with Crippen LogP contribution in [0, 0.1) is 5.92 Å². The molecule has 1 saturated carbocycles. The van der Waals surface area contributed by atoms with Crippen molar-refractivity contribution in [3.8, 4) is 79.7 Å². The van der Waals surface area contributed by atoms with Gasteiger partial charge < -0.3 is 57.2 Å². The van der Waals surface area contributed by atoms with Crippen molar-refractivity contribution in [2.45, 2.75) is 44.8 Å². The fourth-order valence-corrected chi connectivity index (χ4v) is 10.4. The van der Waals surface area contributed by atoms with E-state index in [4.69, 9.17) is 52.1 Å². The van der Waals surface area contributed by atoms with Crippen molar-refractivity contribution < 1.29 is 71.6 Å². The molecule has 7 aromatic carbocycles. The van der Waals surface area contributed by atoms with Crippen LogP contribution in [-0.4, -0.2) is 65.0 Å². The Morgan fingerprint density at radius 3 is 1.56 bits per heavy atom. The molecule has 1 aliphatic carbocycles. The van der Waals surface area contributed by atoms with E-state index in [9.17, 15) is 19.5 Å². The smallest absolute Gasteiger partial charge is 0.339 e. The van der Waals surface area contributed by atoms with E-state index in [1.54, 1.807) is 38.5 Å². The molecule has 0 amide bonds. The Morgan fingerprint density at radius 2 is 1.01 bits per heavy atom. The Kier molecular flexibility index (Phi) is 11.3. The first kappa shape index (κ1) is 44.2. The number of aromatic hydroxyl groups is 1. The zero-order valence-electron chi connectivity index (χ0n) is 38.6. The SMILES string of the molecule is COc1cc2c(O)c3c(c(-c4ccc5c(c4)OCO5)c2cc1OC)C(=O)OC3.COc1cc2c(OC(=O)C(c3ccccc3)C3CCCC3)c3c(c(-c4ccc5c(c4)OCO5)c2cc1OC)C(=O)OC3. The number of phenolic OH excluding ortho intramolecular Hbond substituents is 1. The summed E-state index contributed by atoms with van der Waals surface area (Å²) < 4.78 is 61.3. The van der Waals surface area contributed by atoms with Gasteiger partial charge in [0.1, 0.15) is 24.7 Å². The Balaban J connectivity index is 0.000000165. The number of hydrogen-bond acceptors (Lipinski definition) is 15. The number of phenols is 1. The van der Waals surface area contributed by atoms with Gasteiger partial charge in [-0.15, -0.1) is 0 Å². The zero-order valence-corrected chi connectivity index (χ0v) is 38.6. The summed E-state index contributed by atoms with van der Waals surface area (Å²) in [4.78, 5) is 40.0. The number of methoxy groups -OCH3 is 4. The topological polar surface area (TPSA) is 173 Å². The van der Waals surface area contributed by atoms with Crippen LogP contribution in [0.3, 0.4) is 0 Å². The molecule has 12 rings (SSSR count). The first-order chi connectivity index (χ1) is 34.2. The van der Waals surface area contributed by atoms with E-state index in [2.05, 4.69) is 0 Å². The second kappa shape index (κ2) is 18.0. The molecule has 4 aliphatic heterocycles. The number of fused-ring (bicyclic) bond motifs is 6. The summed E-state index contributed by atoms with van der Waals surface area (Å²) in [5.41, 5.74) is 5.37. The van der Waals surface area contributed by atoms with Crippen molar-refractivity contribution in [2.24, 2.45) is 5.92 Å². The number of carbonyl (C=O) groups is 3. The highest BCUT2D eigenvalue weighted by Gasteiger charge is 2.38. The van der Waals surface area contributed by atoms with Gasteiger partial charge in [-0.1, -0.05) is 55.3 Å².